The van der Waals surface area contributed by atoms with Gasteiger partial charge in [0.05, 0.1) is 6.20 Å². The van der Waals surface area contributed by atoms with E-state index in [4.69, 9.17) is 5.11 Å². The normalized spacial score (nSPS) is 11.7. The van der Waals surface area contributed by atoms with Crippen LogP contribution in [-0.4, -0.2) is 39.3 Å². The molecule has 21 heavy (non-hydrogen) atoms. The maximum absolute atomic E-state index is 11.5. The van der Waals surface area contributed by atoms with E-state index < -0.39 is 17.9 Å². The van der Waals surface area contributed by atoms with Gasteiger partial charge in [0.15, 0.2) is 0 Å². The molecule has 1 aromatic rings. The van der Waals surface area contributed by atoms with Gasteiger partial charge in [-0.25, -0.2) is 4.79 Å². The van der Waals surface area contributed by atoms with Gasteiger partial charge in [-0.3, -0.25) is 19.6 Å². The molecule has 0 fully saturated rings. The highest BCUT2D eigenvalue weighted by Gasteiger charge is 2.14. The number of carboxylic acids is 1. The average molecular weight is 296 g/mol. The van der Waals surface area contributed by atoms with E-state index in [1.165, 1.54) is 0 Å². The number of carbonyl (C=O) groups is 3. The summed E-state index contributed by atoms with van der Waals surface area (Å²) in [5, 5.41) is 17.3. The minimum Gasteiger partial charge on any atom is -0.481 e. The van der Waals surface area contributed by atoms with Crippen molar-refractivity contribution >= 4 is 17.9 Å². The fraction of sp³-hybridized carbons (Fsp3) is 0.538. The number of urea groups is 1. The molecular weight excluding hydrogens is 276 g/mol. The topological polar surface area (TPSA) is 113 Å². The monoisotopic (exact) mass is 296 g/mol. The molecular formula is C13H20N4O4. The van der Waals surface area contributed by atoms with Crippen LogP contribution in [0.1, 0.15) is 25.3 Å². The Morgan fingerprint density at radius 3 is 2.67 bits per heavy atom. The molecule has 116 valence electrons. The van der Waals surface area contributed by atoms with Crippen LogP contribution in [0, 0.1) is 5.92 Å². The molecule has 8 nitrogen and oxygen atoms in total. The second-order valence-corrected chi connectivity index (χ2v) is 4.98. The summed E-state index contributed by atoms with van der Waals surface area (Å²) in [6.45, 7) is 2.03. The van der Waals surface area contributed by atoms with E-state index in [9.17, 15) is 14.4 Å². The SMILES string of the molecule is CC(CC(=O)O)CC(=O)NC(=O)NCCc1cnn(C)c1. The van der Waals surface area contributed by atoms with Crippen molar-refractivity contribution in [2.45, 2.75) is 26.2 Å². The van der Waals surface area contributed by atoms with Crippen LogP contribution >= 0.6 is 0 Å². The predicted molar refractivity (Wildman–Crippen MR) is 74.5 cm³/mol. The second kappa shape index (κ2) is 8.03. The number of aliphatic carboxylic acids is 1. The van der Waals surface area contributed by atoms with Crippen LogP contribution in [0.5, 0.6) is 0 Å². The van der Waals surface area contributed by atoms with E-state index in [1.807, 2.05) is 6.20 Å². The highest BCUT2D eigenvalue weighted by Crippen LogP contribution is 2.06. The molecule has 1 unspecified atom stereocenters. The van der Waals surface area contributed by atoms with Gasteiger partial charge >= 0.3 is 12.0 Å². The number of carbonyl (C=O) groups excluding carboxylic acids is 2. The summed E-state index contributed by atoms with van der Waals surface area (Å²) in [7, 11) is 1.81. The van der Waals surface area contributed by atoms with E-state index in [0.29, 0.717) is 13.0 Å². The van der Waals surface area contributed by atoms with Crippen molar-refractivity contribution in [3.8, 4) is 0 Å². The molecule has 1 heterocycles. The molecule has 0 aromatic carbocycles. The van der Waals surface area contributed by atoms with E-state index in [-0.39, 0.29) is 18.8 Å². The van der Waals surface area contributed by atoms with Gasteiger partial charge in [-0.05, 0) is 17.9 Å². The zero-order valence-electron chi connectivity index (χ0n) is 12.1. The first-order valence-electron chi connectivity index (χ1n) is 6.64. The third kappa shape index (κ3) is 7.09. The first-order chi connectivity index (χ1) is 9.86. The molecule has 0 spiro atoms. The van der Waals surface area contributed by atoms with Crippen molar-refractivity contribution in [1.29, 1.82) is 0 Å². The van der Waals surface area contributed by atoms with Crippen LogP contribution in [0.4, 0.5) is 4.79 Å². The van der Waals surface area contributed by atoms with Crippen LogP contribution in [0.3, 0.4) is 0 Å². The lowest BCUT2D eigenvalue weighted by Gasteiger charge is -2.09. The van der Waals surface area contributed by atoms with Gasteiger partial charge in [0.1, 0.15) is 0 Å². The third-order valence-corrected chi connectivity index (χ3v) is 2.77. The minimum absolute atomic E-state index is 0.00231. The Kier molecular flexibility index (Phi) is 6.38. The summed E-state index contributed by atoms with van der Waals surface area (Å²) < 4.78 is 1.67. The number of nitrogens with one attached hydrogen (secondary N) is 2. The number of aryl methyl sites for hydroxylation is 1. The zero-order valence-corrected chi connectivity index (χ0v) is 12.1. The van der Waals surface area contributed by atoms with Gasteiger partial charge in [0, 0.05) is 32.6 Å². The maximum atomic E-state index is 11.5. The molecule has 1 atom stereocenters. The van der Waals surface area contributed by atoms with Gasteiger partial charge in [-0.15, -0.1) is 0 Å². The average Bonchev–Trinajstić information content (AvgIpc) is 2.73. The molecule has 0 radical (unpaired) electrons. The standard InChI is InChI=1S/C13H20N4O4/c1-9(6-12(19)20)5-11(18)16-13(21)14-4-3-10-7-15-17(2)8-10/h7-9H,3-6H2,1-2H3,(H,19,20)(H2,14,16,18,21). The summed E-state index contributed by atoms with van der Waals surface area (Å²) in [5.41, 5.74) is 0.985. The Morgan fingerprint density at radius 1 is 1.38 bits per heavy atom. The van der Waals surface area contributed by atoms with Crippen LogP contribution in [0.2, 0.25) is 0 Å². The highest BCUT2D eigenvalue weighted by molar-refractivity contribution is 5.94. The van der Waals surface area contributed by atoms with Crippen LogP contribution in [0.25, 0.3) is 0 Å². The van der Waals surface area contributed by atoms with E-state index in [2.05, 4.69) is 15.7 Å². The van der Waals surface area contributed by atoms with Gasteiger partial charge < -0.3 is 10.4 Å². The number of hydrogen-bond donors (Lipinski definition) is 3. The Balaban J connectivity index is 2.20. The number of rotatable bonds is 7. The molecule has 3 amide bonds. The molecule has 0 aliphatic rings. The molecule has 0 saturated carbocycles. The fourth-order valence-electron chi connectivity index (χ4n) is 1.83. The van der Waals surface area contributed by atoms with Crippen molar-refractivity contribution < 1.29 is 19.5 Å². The van der Waals surface area contributed by atoms with Crippen LogP contribution < -0.4 is 10.6 Å². The summed E-state index contributed by atoms with van der Waals surface area (Å²) in [6, 6.07) is -0.577. The fourth-order valence-corrected chi connectivity index (χ4v) is 1.83. The Bertz CT molecular complexity index is 512. The second-order valence-electron chi connectivity index (χ2n) is 4.98. The first kappa shape index (κ1) is 16.7. The molecule has 0 saturated heterocycles. The molecule has 3 N–H and O–H groups in total. The van der Waals surface area contributed by atoms with Gasteiger partial charge in [0.2, 0.25) is 5.91 Å². The van der Waals surface area contributed by atoms with Crippen molar-refractivity contribution in [2.75, 3.05) is 6.54 Å². The lowest BCUT2D eigenvalue weighted by molar-refractivity contribution is -0.138. The molecule has 0 aliphatic carbocycles. The molecule has 0 bridgehead atoms. The lowest BCUT2D eigenvalue weighted by atomic mass is 10.0. The van der Waals surface area contributed by atoms with Gasteiger partial charge in [-0.2, -0.15) is 5.10 Å². The summed E-state index contributed by atoms with van der Waals surface area (Å²) in [4.78, 5) is 33.4. The van der Waals surface area contributed by atoms with Gasteiger partial charge in [0.25, 0.3) is 0 Å². The quantitative estimate of drug-likeness (QED) is 0.669. The highest BCUT2D eigenvalue weighted by atomic mass is 16.4. The Hall–Kier alpha value is -2.38. The lowest BCUT2D eigenvalue weighted by Crippen LogP contribution is -2.40. The number of imide groups is 1. The number of hydrogen-bond acceptors (Lipinski definition) is 4. The van der Waals surface area contributed by atoms with Gasteiger partial charge in [-0.1, -0.05) is 6.92 Å². The zero-order chi connectivity index (χ0) is 15.8. The number of aromatic nitrogens is 2. The predicted octanol–water partition coefficient (Wildman–Crippen LogP) is 0.289. The smallest absolute Gasteiger partial charge is 0.321 e. The molecule has 0 aliphatic heterocycles. The molecule has 1 aromatic heterocycles. The van der Waals surface area contributed by atoms with Crippen molar-refractivity contribution in [2.24, 2.45) is 13.0 Å². The minimum atomic E-state index is -0.962. The van der Waals surface area contributed by atoms with Crippen molar-refractivity contribution in [3.63, 3.8) is 0 Å². The van der Waals surface area contributed by atoms with Crippen molar-refractivity contribution in [3.05, 3.63) is 18.0 Å². The summed E-state index contributed by atoms with van der Waals surface area (Å²) in [6.07, 6.45) is 4.07. The number of nitrogens with zero attached hydrogens (tertiary/aromatic N) is 2. The van der Waals surface area contributed by atoms with E-state index >= 15 is 0 Å². The number of carboxylic acid groups (broad SMARTS) is 1. The number of amides is 3. The Labute approximate surface area is 122 Å². The van der Waals surface area contributed by atoms with Crippen LogP contribution in [0.15, 0.2) is 12.4 Å². The summed E-state index contributed by atoms with van der Waals surface area (Å²) >= 11 is 0. The molecule has 1 rings (SSSR count). The van der Waals surface area contributed by atoms with E-state index in [0.717, 1.165) is 5.56 Å². The van der Waals surface area contributed by atoms with E-state index in [1.54, 1.807) is 24.9 Å². The first-order valence-corrected chi connectivity index (χ1v) is 6.64. The third-order valence-electron chi connectivity index (χ3n) is 2.77. The summed E-state index contributed by atoms with van der Waals surface area (Å²) in [5.74, 6) is -1.76. The molecule has 8 heteroatoms. The maximum Gasteiger partial charge on any atom is 0.321 e. The van der Waals surface area contributed by atoms with Crippen molar-refractivity contribution in [1.82, 2.24) is 20.4 Å². The van der Waals surface area contributed by atoms with Crippen LogP contribution in [-0.2, 0) is 23.1 Å². The Morgan fingerprint density at radius 2 is 2.10 bits per heavy atom. The largest absolute Gasteiger partial charge is 0.481 e.